The first-order valence-corrected chi connectivity index (χ1v) is 14.7. The highest BCUT2D eigenvalue weighted by atomic mass is 16.6. The van der Waals surface area contributed by atoms with Gasteiger partial charge in [-0.15, -0.1) is 4.99 Å². The van der Waals surface area contributed by atoms with Crippen molar-refractivity contribution in [3.05, 3.63) is 89.5 Å². The maximum atomic E-state index is 12.8. The molecule has 0 spiro atoms. The highest BCUT2D eigenvalue weighted by Crippen LogP contribution is 2.29. The minimum atomic E-state index is -0.323. The summed E-state index contributed by atoms with van der Waals surface area (Å²) >= 11 is 0. The zero-order valence-corrected chi connectivity index (χ0v) is 24.4. The van der Waals surface area contributed by atoms with E-state index in [1.807, 2.05) is 79.0 Å². The SMILES string of the molecule is CC(C)C1CN(c2nc3ccccc3o2)CCN1/C(=N\C#N)Nc1cccc2c1CCN(C(=O)OCc1ccccc1)C2. The molecule has 43 heavy (non-hydrogen) atoms. The van der Waals surface area contributed by atoms with E-state index in [2.05, 4.69) is 34.0 Å². The smallest absolute Gasteiger partial charge is 0.410 e. The molecule has 3 aromatic carbocycles. The molecule has 3 heterocycles. The molecule has 2 aliphatic rings. The van der Waals surface area contributed by atoms with Gasteiger partial charge in [0, 0.05) is 38.4 Å². The first-order chi connectivity index (χ1) is 21.0. The fraction of sp³-hybridized carbons (Fsp3) is 0.333. The number of oxazole rings is 1. The summed E-state index contributed by atoms with van der Waals surface area (Å²) in [5.74, 6) is 0.800. The molecule has 1 atom stereocenters. The molecule has 0 saturated carbocycles. The van der Waals surface area contributed by atoms with Crippen LogP contribution in [0.1, 0.15) is 30.5 Å². The van der Waals surface area contributed by atoms with E-state index in [1.165, 1.54) is 0 Å². The summed E-state index contributed by atoms with van der Waals surface area (Å²) in [5.41, 5.74) is 5.63. The van der Waals surface area contributed by atoms with Gasteiger partial charge in [-0.2, -0.15) is 10.2 Å². The zero-order chi connectivity index (χ0) is 29.8. The number of piperazine rings is 1. The predicted molar refractivity (Wildman–Crippen MR) is 165 cm³/mol. The Kier molecular flexibility index (Phi) is 8.13. The molecule has 1 fully saturated rings. The number of amides is 1. The van der Waals surface area contributed by atoms with Crippen LogP contribution in [-0.4, -0.2) is 59.1 Å². The first kappa shape index (κ1) is 28.1. The normalized spacial score (nSPS) is 17.1. The molecule has 1 unspecified atom stereocenters. The maximum absolute atomic E-state index is 12.8. The van der Waals surface area contributed by atoms with Crippen molar-refractivity contribution < 1.29 is 13.9 Å². The molecule has 10 nitrogen and oxygen atoms in total. The van der Waals surface area contributed by atoms with Crippen LogP contribution in [-0.2, 0) is 24.3 Å². The van der Waals surface area contributed by atoms with Crippen LogP contribution >= 0.6 is 0 Å². The molecule has 2 aliphatic heterocycles. The Labute approximate surface area is 251 Å². The predicted octanol–water partition coefficient (Wildman–Crippen LogP) is 5.62. The molecule has 220 valence electrons. The average molecular weight is 578 g/mol. The number of fused-ring (bicyclic) bond motifs is 2. The number of carbonyl (C=O) groups excluding carboxylic acids is 1. The van der Waals surface area contributed by atoms with Crippen LogP contribution in [0.2, 0.25) is 0 Å². The van der Waals surface area contributed by atoms with Gasteiger partial charge in [-0.1, -0.05) is 68.4 Å². The molecule has 1 aromatic heterocycles. The molecular weight excluding hydrogens is 542 g/mol. The summed E-state index contributed by atoms with van der Waals surface area (Å²) in [4.78, 5) is 27.9. The van der Waals surface area contributed by atoms with Gasteiger partial charge >= 0.3 is 6.09 Å². The Balaban J connectivity index is 1.16. The average Bonchev–Trinajstić information content (AvgIpc) is 3.48. The van der Waals surface area contributed by atoms with Crippen LogP contribution in [0, 0.1) is 17.4 Å². The van der Waals surface area contributed by atoms with E-state index >= 15 is 0 Å². The number of benzene rings is 3. The van der Waals surface area contributed by atoms with Crippen molar-refractivity contribution in [2.45, 2.75) is 39.5 Å². The Hall–Kier alpha value is -5.04. The van der Waals surface area contributed by atoms with Crippen LogP contribution in [0.5, 0.6) is 0 Å². The van der Waals surface area contributed by atoms with Gasteiger partial charge in [-0.3, -0.25) is 0 Å². The van der Waals surface area contributed by atoms with Gasteiger partial charge in [-0.05, 0) is 47.2 Å². The number of ether oxygens (including phenoxy) is 1. The minimum Gasteiger partial charge on any atom is -0.445 e. The van der Waals surface area contributed by atoms with Crippen molar-refractivity contribution in [3.8, 4) is 6.19 Å². The Bertz CT molecular complexity index is 1630. The van der Waals surface area contributed by atoms with Crippen LogP contribution in [0.3, 0.4) is 0 Å². The Morgan fingerprint density at radius 2 is 1.91 bits per heavy atom. The first-order valence-electron chi connectivity index (χ1n) is 14.7. The Morgan fingerprint density at radius 1 is 1.09 bits per heavy atom. The van der Waals surface area contributed by atoms with Crippen LogP contribution in [0.15, 0.2) is 82.2 Å². The second-order valence-corrected chi connectivity index (χ2v) is 11.2. The van der Waals surface area contributed by atoms with E-state index in [0.29, 0.717) is 51.1 Å². The van der Waals surface area contributed by atoms with E-state index in [9.17, 15) is 10.1 Å². The fourth-order valence-corrected chi connectivity index (χ4v) is 5.84. The molecule has 10 heteroatoms. The number of anilines is 2. The third kappa shape index (κ3) is 6.11. The number of hydrogen-bond acceptors (Lipinski definition) is 7. The molecule has 1 amide bonds. The van der Waals surface area contributed by atoms with Crippen molar-refractivity contribution in [1.29, 1.82) is 5.26 Å². The lowest BCUT2D eigenvalue weighted by Gasteiger charge is -2.44. The maximum Gasteiger partial charge on any atom is 0.410 e. The van der Waals surface area contributed by atoms with Crippen LogP contribution < -0.4 is 10.2 Å². The fourth-order valence-electron chi connectivity index (χ4n) is 5.84. The molecule has 6 rings (SSSR count). The van der Waals surface area contributed by atoms with Gasteiger partial charge < -0.3 is 29.2 Å². The molecule has 0 bridgehead atoms. The van der Waals surface area contributed by atoms with Crippen LogP contribution in [0.25, 0.3) is 11.1 Å². The standard InChI is InChI=1S/C33H35N7O3/c1-23(2)29-20-38(32-37-28-12-6-7-14-30(28)43-32)17-18-40(29)31(35-22-34)36-27-13-8-11-25-19-39(16-15-26(25)27)33(41)42-21-24-9-4-3-5-10-24/h3-14,23,29H,15-21H2,1-2H3,(H,35,36). The summed E-state index contributed by atoms with van der Waals surface area (Å²) in [6.07, 6.45) is 2.35. The van der Waals surface area contributed by atoms with Crippen molar-refractivity contribution in [2.24, 2.45) is 10.9 Å². The van der Waals surface area contributed by atoms with Gasteiger partial charge in [0.15, 0.2) is 5.58 Å². The number of nitriles is 1. The second kappa shape index (κ2) is 12.4. The van der Waals surface area contributed by atoms with E-state index in [1.54, 1.807) is 4.90 Å². The van der Waals surface area contributed by atoms with Gasteiger partial charge in [-0.25, -0.2) is 4.79 Å². The van der Waals surface area contributed by atoms with Gasteiger partial charge in [0.2, 0.25) is 12.2 Å². The number of nitrogens with zero attached hydrogens (tertiary/aromatic N) is 6. The minimum absolute atomic E-state index is 0.0674. The van der Waals surface area contributed by atoms with E-state index in [4.69, 9.17) is 14.1 Å². The number of aliphatic imine (C=N–C) groups is 1. The summed E-state index contributed by atoms with van der Waals surface area (Å²) in [5, 5.41) is 13.1. The summed E-state index contributed by atoms with van der Waals surface area (Å²) in [7, 11) is 0. The van der Waals surface area contributed by atoms with Crippen LogP contribution in [0.4, 0.5) is 16.5 Å². The summed E-state index contributed by atoms with van der Waals surface area (Å²) < 4.78 is 11.6. The molecule has 1 N–H and O–H groups in total. The monoisotopic (exact) mass is 577 g/mol. The Morgan fingerprint density at radius 3 is 2.70 bits per heavy atom. The third-order valence-electron chi connectivity index (χ3n) is 8.14. The molecule has 4 aromatic rings. The number of carbonyl (C=O) groups is 1. The summed E-state index contributed by atoms with van der Waals surface area (Å²) in [6.45, 7) is 7.60. The lowest BCUT2D eigenvalue weighted by Crippen LogP contribution is -2.58. The van der Waals surface area contributed by atoms with Crippen molar-refractivity contribution in [1.82, 2.24) is 14.8 Å². The van der Waals surface area contributed by atoms with Gasteiger partial charge in [0.05, 0.1) is 6.04 Å². The number of nitrogens with one attached hydrogen (secondary N) is 1. The zero-order valence-electron chi connectivity index (χ0n) is 24.4. The molecular formula is C33H35N7O3. The van der Waals surface area contributed by atoms with E-state index in [0.717, 1.165) is 33.5 Å². The van der Waals surface area contributed by atoms with Crippen molar-refractivity contribution >= 4 is 34.9 Å². The number of guanidine groups is 1. The number of hydrogen-bond donors (Lipinski definition) is 1. The second-order valence-electron chi connectivity index (χ2n) is 11.2. The quantitative estimate of drug-likeness (QED) is 0.185. The topological polar surface area (TPSA) is 110 Å². The largest absolute Gasteiger partial charge is 0.445 e. The van der Waals surface area contributed by atoms with Gasteiger partial charge in [0.1, 0.15) is 12.1 Å². The van der Waals surface area contributed by atoms with Gasteiger partial charge in [0.25, 0.3) is 6.01 Å². The third-order valence-corrected chi connectivity index (χ3v) is 8.14. The lowest BCUT2D eigenvalue weighted by atomic mass is 9.97. The number of para-hydroxylation sites is 2. The highest BCUT2D eigenvalue weighted by Gasteiger charge is 2.34. The molecule has 1 saturated heterocycles. The highest BCUT2D eigenvalue weighted by molar-refractivity contribution is 5.95. The number of rotatable bonds is 5. The lowest BCUT2D eigenvalue weighted by molar-refractivity contribution is 0.0919. The molecule has 0 radical (unpaired) electrons. The van der Waals surface area contributed by atoms with E-state index in [-0.39, 0.29) is 24.7 Å². The van der Waals surface area contributed by atoms with E-state index < -0.39 is 0 Å². The summed E-state index contributed by atoms with van der Waals surface area (Å²) in [6, 6.07) is 24.2. The van der Waals surface area contributed by atoms with Crippen molar-refractivity contribution in [3.63, 3.8) is 0 Å². The van der Waals surface area contributed by atoms with Crippen molar-refractivity contribution in [2.75, 3.05) is 36.4 Å². The molecule has 0 aliphatic carbocycles. The number of aromatic nitrogens is 1.